The van der Waals surface area contributed by atoms with Gasteiger partial charge in [0.25, 0.3) is 0 Å². The van der Waals surface area contributed by atoms with Crippen LogP contribution in [0.2, 0.25) is 0 Å². The van der Waals surface area contributed by atoms with Crippen molar-refractivity contribution in [1.29, 1.82) is 0 Å². The molecule has 1 aliphatic rings. The largest absolute Gasteiger partial charge is 0.370 e. The van der Waals surface area contributed by atoms with Crippen LogP contribution in [-0.2, 0) is 13.1 Å². The Labute approximate surface area is 180 Å². The van der Waals surface area contributed by atoms with Crippen LogP contribution in [0.25, 0.3) is 28.6 Å². The van der Waals surface area contributed by atoms with E-state index in [2.05, 4.69) is 83.5 Å². The lowest BCUT2D eigenvalue weighted by atomic mass is 9.99. The molecule has 5 rings (SSSR count). The molecule has 2 aromatic heterocycles. The minimum Gasteiger partial charge on any atom is -0.370 e. The number of nitrogens with one attached hydrogen (secondary N) is 2. The summed E-state index contributed by atoms with van der Waals surface area (Å²) in [6.07, 6.45) is 7.55. The van der Waals surface area contributed by atoms with Crippen molar-refractivity contribution in [2.24, 2.45) is 0 Å². The van der Waals surface area contributed by atoms with Crippen molar-refractivity contribution < 1.29 is 0 Å². The molecule has 6 heteroatoms. The molecule has 0 unspecified atom stereocenters. The Morgan fingerprint density at radius 1 is 0.968 bits per heavy atom. The van der Waals surface area contributed by atoms with Gasteiger partial charge < -0.3 is 14.9 Å². The SMILES string of the molecule is Cc1ccc(-c2ccc(-c3nc4c([nH]3)C=CN(CCn3cc[nH]c3=O)C4)cc2)cc1C. The number of hydrogen-bond donors (Lipinski definition) is 2. The summed E-state index contributed by atoms with van der Waals surface area (Å²) in [5.41, 5.74) is 8.11. The van der Waals surface area contributed by atoms with Gasteiger partial charge in [0.1, 0.15) is 5.82 Å². The van der Waals surface area contributed by atoms with Gasteiger partial charge in [0.2, 0.25) is 0 Å². The minimum absolute atomic E-state index is 0.0759. The summed E-state index contributed by atoms with van der Waals surface area (Å²) in [7, 11) is 0. The molecule has 6 nitrogen and oxygen atoms in total. The number of rotatable bonds is 5. The fourth-order valence-electron chi connectivity index (χ4n) is 3.90. The van der Waals surface area contributed by atoms with Crippen molar-refractivity contribution in [3.63, 3.8) is 0 Å². The van der Waals surface area contributed by atoms with Gasteiger partial charge in [-0.1, -0.05) is 42.5 Å². The number of benzene rings is 2. The fourth-order valence-corrected chi connectivity index (χ4v) is 3.90. The van der Waals surface area contributed by atoms with Crippen LogP contribution in [-0.4, -0.2) is 31.0 Å². The Bertz CT molecular complexity index is 1310. The molecule has 3 heterocycles. The molecular weight excluding hydrogens is 386 g/mol. The lowest BCUT2D eigenvalue weighted by Crippen LogP contribution is -2.27. The van der Waals surface area contributed by atoms with Gasteiger partial charge in [-0.2, -0.15) is 0 Å². The predicted molar refractivity (Wildman–Crippen MR) is 123 cm³/mol. The maximum atomic E-state index is 11.7. The number of aryl methyl sites for hydroxylation is 2. The molecule has 0 saturated carbocycles. The van der Waals surface area contributed by atoms with Gasteiger partial charge in [0.15, 0.2) is 0 Å². The van der Waals surface area contributed by atoms with Crippen LogP contribution in [0.5, 0.6) is 0 Å². The molecule has 1 aliphatic heterocycles. The third-order valence-corrected chi connectivity index (χ3v) is 5.96. The molecule has 0 atom stereocenters. The third-order valence-electron chi connectivity index (χ3n) is 5.96. The van der Waals surface area contributed by atoms with Gasteiger partial charge >= 0.3 is 5.69 Å². The Morgan fingerprint density at radius 3 is 2.48 bits per heavy atom. The van der Waals surface area contributed by atoms with Gasteiger partial charge in [-0.05, 0) is 42.2 Å². The standard InChI is InChI=1S/C25H25N5O/c1-17-3-4-21(15-18(17)2)19-5-7-20(8-6-19)24-27-22-9-11-29(16-23(22)28-24)13-14-30-12-10-26-25(30)31/h3-12,15H,13-14,16H2,1-2H3,(H,26,31)(H,27,28). The highest BCUT2D eigenvalue weighted by molar-refractivity contribution is 5.69. The zero-order valence-electron chi connectivity index (χ0n) is 17.7. The van der Waals surface area contributed by atoms with Crippen molar-refractivity contribution in [3.05, 3.63) is 94.1 Å². The quantitative estimate of drug-likeness (QED) is 0.513. The second-order valence-corrected chi connectivity index (χ2v) is 8.07. The van der Waals surface area contributed by atoms with Gasteiger partial charge in [0.05, 0.1) is 17.9 Å². The van der Waals surface area contributed by atoms with Crippen LogP contribution in [0.4, 0.5) is 0 Å². The molecule has 2 aromatic carbocycles. The topological polar surface area (TPSA) is 69.7 Å². The van der Waals surface area contributed by atoms with Crippen molar-refractivity contribution >= 4 is 6.08 Å². The summed E-state index contributed by atoms with van der Waals surface area (Å²) in [4.78, 5) is 24.8. The number of aromatic amines is 2. The van der Waals surface area contributed by atoms with E-state index < -0.39 is 0 Å². The molecule has 0 radical (unpaired) electrons. The molecule has 0 fully saturated rings. The van der Waals surface area contributed by atoms with Gasteiger partial charge in [-0.15, -0.1) is 0 Å². The van der Waals surface area contributed by atoms with Crippen LogP contribution < -0.4 is 5.69 Å². The number of H-pyrrole nitrogens is 2. The van der Waals surface area contributed by atoms with Gasteiger partial charge in [0, 0.05) is 37.2 Å². The van der Waals surface area contributed by atoms with E-state index in [1.54, 1.807) is 17.0 Å². The van der Waals surface area contributed by atoms with E-state index in [9.17, 15) is 4.79 Å². The number of fused-ring (bicyclic) bond motifs is 1. The lowest BCUT2D eigenvalue weighted by molar-refractivity contribution is 0.342. The zero-order chi connectivity index (χ0) is 21.4. The number of imidazole rings is 2. The maximum Gasteiger partial charge on any atom is 0.325 e. The van der Waals surface area contributed by atoms with E-state index in [0.717, 1.165) is 35.9 Å². The Balaban J connectivity index is 1.30. The van der Waals surface area contributed by atoms with Crippen LogP contribution in [0.1, 0.15) is 22.5 Å². The highest BCUT2D eigenvalue weighted by Crippen LogP contribution is 2.27. The molecule has 4 aromatic rings. The highest BCUT2D eigenvalue weighted by atomic mass is 16.1. The molecule has 0 bridgehead atoms. The summed E-state index contributed by atoms with van der Waals surface area (Å²) in [6.45, 7) is 6.40. The summed E-state index contributed by atoms with van der Waals surface area (Å²) in [5.74, 6) is 0.880. The third kappa shape index (κ3) is 3.84. The Morgan fingerprint density at radius 2 is 1.74 bits per heavy atom. The van der Waals surface area contributed by atoms with E-state index >= 15 is 0 Å². The fraction of sp³-hybridized carbons (Fsp3) is 0.200. The first-order valence-corrected chi connectivity index (χ1v) is 10.5. The Hall–Kier alpha value is -3.80. The number of nitrogens with zero attached hydrogens (tertiary/aromatic N) is 3. The molecule has 31 heavy (non-hydrogen) atoms. The smallest absolute Gasteiger partial charge is 0.325 e. The van der Waals surface area contributed by atoms with Crippen molar-refractivity contribution in [2.45, 2.75) is 26.9 Å². The number of aromatic nitrogens is 4. The van der Waals surface area contributed by atoms with Gasteiger partial charge in [-0.3, -0.25) is 4.57 Å². The van der Waals surface area contributed by atoms with Crippen molar-refractivity contribution in [3.8, 4) is 22.5 Å². The summed E-state index contributed by atoms with van der Waals surface area (Å²) in [6, 6.07) is 15.1. The highest BCUT2D eigenvalue weighted by Gasteiger charge is 2.16. The normalized spacial score (nSPS) is 12.9. The zero-order valence-corrected chi connectivity index (χ0v) is 17.7. The van der Waals surface area contributed by atoms with E-state index in [4.69, 9.17) is 4.98 Å². The van der Waals surface area contributed by atoms with E-state index in [1.807, 2.05) is 0 Å². The molecule has 0 amide bonds. The monoisotopic (exact) mass is 411 g/mol. The average Bonchev–Trinajstić information content (AvgIpc) is 3.39. The second-order valence-electron chi connectivity index (χ2n) is 8.07. The average molecular weight is 412 g/mol. The first-order valence-electron chi connectivity index (χ1n) is 10.5. The summed E-state index contributed by atoms with van der Waals surface area (Å²) in [5, 5.41) is 0. The second kappa shape index (κ2) is 7.80. The molecular formula is C25H25N5O. The van der Waals surface area contributed by atoms with Gasteiger partial charge in [-0.25, -0.2) is 9.78 Å². The summed E-state index contributed by atoms with van der Waals surface area (Å²) >= 11 is 0. The number of hydrogen-bond acceptors (Lipinski definition) is 3. The van der Waals surface area contributed by atoms with Crippen molar-refractivity contribution in [1.82, 2.24) is 24.4 Å². The summed E-state index contributed by atoms with van der Waals surface area (Å²) < 4.78 is 1.68. The van der Waals surface area contributed by atoms with Crippen molar-refractivity contribution in [2.75, 3.05) is 6.54 Å². The van der Waals surface area contributed by atoms with Crippen LogP contribution in [0.3, 0.4) is 0 Å². The molecule has 156 valence electrons. The maximum absolute atomic E-state index is 11.7. The molecule has 0 aliphatic carbocycles. The Kier molecular flexibility index (Phi) is 4.82. The van der Waals surface area contributed by atoms with Crippen LogP contribution >= 0.6 is 0 Å². The molecule has 0 spiro atoms. The molecule has 0 saturated heterocycles. The van der Waals surface area contributed by atoms with Crippen LogP contribution in [0.15, 0.2) is 65.9 Å². The first kappa shape index (κ1) is 19.2. The molecule has 2 N–H and O–H groups in total. The van der Waals surface area contributed by atoms with E-state index in [0.29, 0.717) is 6.54 Å². The lowest BCUT2D eigenvalue weighted by Gasteiger charge is -2.22. The first-order chi connectivity index (χ1) is 15.1. The predicted octanol–water partition coefficient (Wildman–Crippen LogP) is 4.34. The van der Waals surface area contributed by atoms with E-state index in [1.165, 1.54) is 22.3 Å². The van der Waals surface area contributed by atoms with Crippen LogP contribution in [0, 0.1) is 13.8 Å². The van der Waals surface area contributed by atoms with E-state index in [-0.39, 0.29) is 5.69 Å². The minimum atomic E-state index is -0.0759.